The van der Waals surface area contributed by atoms with Gasteiger partial charge in [-0.05, 0) is 67.1 Å². The highest BCUT2D eigenvalue weighted by molar-refractivity contribution is 9.10. The van der Waals surface area contributed by atoms with Gasteiger partial charge in [0.1, 0.15) is 4.83 Å². The average molecular weight is 555 g/mol. The first kappa shape index (κ1) is 23.3. The fourth-order valence-electron chi connectivity index (χ4n) is 4.39. The molecule has 1 amide bonds. The summed E-state index contributed by atoms with van der Waals surface area (Å²) in [6.45, 7) is 2.23. The Morgan fingerprint density at radius 3 is 2.71 bits per heavy atom. The third-order valence-electron chi connectivity index (χ3n) is 6.21. The lowest BCUT2D eigenvalue weighted by Crippen LogP contribution is -2.23. The van der Waals surface area contributed by atoms with E-state index in [0.29, 0.717) is 11.1 Å². The maximum atomic E-state index is 13.8. The Balaban J connectivity index is 1.50. The number of thioether (sulfide) groups is 1. The second kappa shape index (κ2) is 10.1. The van der Waals surface area contributed by atoms with Gasteiger partial charge in [0.25, 0.3) is 5.56 Å². The van der Waals surface area contributed by atoms with Gasteiger partial charge in [-0.25, -0.2) is 4.98 Å². The number of thiophene rings is 1. The van der Waals surface area contributed by atoms with Crippen molar-refractivity contribution in [3.05, 3.63) is 79.9 Å². The molecule has 34 heavy (non-hydrogen) atoms. The lowest BCUT2D eigenvalue weighted by atomic mass is 9.86. The van der Waals surface area contributed by atoms with Crippen molar-refractivity contribution >= 4 is 60.8 Å². The fraction of sp³-hybridized carbons (Fsp3) is 0.269. The van der Waals surface area contributed by atoms with Crippen molar-refractivity contribution in [2.45, 2.75) is 37.8 Å². The topological polar surface area (TPSA) is 64.0 Å². The summed E-state index contributed by atoms with van der Waals surface area (Å²) >= 11 is 6.34. The van der Waals surface area contributed by atoms with E-state index in [9.17, 15) is 9.59 Å². The van der Waals surface area contributed by atoms with Crippen LogP contribution in [0.2, 0.25) is 0 Å². The predicted octanol–water partition coefficient (Wildman–Crippen LogP) is 6.46. The van der Waals surface area contributed by atoms with Crippen molar-refractivity contribution in [2.24, 2.45) is 5.92 Å². The molecule has 1 atom stereocenters. The molecule has 0 spiro atoms. The van der Waals surface area contributed by atoms with E-state index in [1.54, 1.807) is 15.9 Å². The summed E-state index contributed by atoms with van der Waals surface area (Å²) in [5.74, 6) is 0.690. The number of nitrogens with zero attached hydrogens (tertiary/aromatic N) is 2. The summed E-state index contributed by atoms with van der Waals surface area (Å²) in [7, 11) is 0. The molecule has 2 aromatic carbocycles. The van der Waals surface area contributed by atoms with Crippen LogP contribution in [-0.4, -0.2) is 21.2 Å². The van der Waals surface area contributed by atoms with Crippen molar-refractivity contribution in [1.82, 2.24) is 9.55 Å². The summed E-state index contributed by atoms with van der Waals surface area (Å²) in [6.07, 6.45) is 4.23. The van der Waals surface area contributed by atoms with Gasteiger partial charge in [0.05, 0.1) is 16.8 Å². The monoisotopic (exact) mass is 553 g/mol. The van der Waals surface area contributed by atoms with Crippen LogP contribution in [0.25, 0.3) is 15.9 Å². The quantitative estimate of drug-likeness (QED) is 0.220. The van der Waals surface area contributed by atoms with Crippen LogP contribution in [0, 0.1) is 5.92 Å². The highest BCUT2D eigenvalue weighted by Crippen LogP contribution is 2.38. The Morgan fingerprint density at radius 2 is 1.97 bits per heavy atom. The highest BCUT2D eigenvalue weighted by atomic mass is 79.9. The number of anilines is 1. The Kier molecular flexibility index (Phi) is 6.90. The molecule has 0 aliphatic heterocycles. The summed E-state index contributed by atoms with van der Waals surface area (Å²) in [5, 5.41) is 4.20. The summed E-state index contributed by atoms with van der Waals surface area (Å²) in [5.41, 5.74) is 2.63. The van der Waals surface area contributed by atoms with Crippen LogP contribution < -0.4 is 10.9 Å². The van der Waals surface area contributed by atoms with Crippen LogP contribution in [0.3, 0.4) is 0 Å². The van der Waals surface area contributed by atoms with E-state index in [1.165, 1.54) is 22.2 Å². The molecule has 1 N–H and O–H groups in total. The van der Waals surface area contributed by atoms with Gasteiger partial charge in [-0.3, -0.25) is 14.2 Å². The minimum Gasteiger partial charge on any atom is -0.325 e. The number of halogens is 1. The maximum Gasteiger partial charge on any atom is 0.267 e. The number of carbonyl (C=O) groups excluding carboxylic acids is 1. The number of benzene rings is 2. The fourth-order valence-corrected chi connectivity index (χ4v) is 6.84. The second-order valence-electron chi connectivity index (χ2n) is 8.42. The lowest BCUT2D eigenvalue weighted by Gasteiger charge is -2.20. The molecule has 2 aromatic heterocycles. The zero-order valence-electron chi connectivity index (χ0n) is 18.7. The maximum absolute atomic E-state index is 13.8. The van der Waals surface area contributed by atoms with Crippen LogP contribution in [0.1, 0.15) is 30.2 Å². The first-order chi connectivity index (χ1) is 16.5. The number of amides is 1. The minimum atomic E-state index is -0.141. The predicted molar refractivity (Wildman–Crippen MR) is 145 cm³/mol. The number of hydrogen-bond acceptors (Lipinski definition) is 5. The van der Waals surface area contributed by atoms with Crippen molar-refractivity contribution in [2.75, 3.05) is 11.1 Å². The molecule has 5 nitrogen and oxygen atoms in total. The zero-order chi connectivity index (χ0) is 23.7. The number of nitrogens with one attached hydrogen (secondary N) is 1. The Hall–Kier alpha value is -2.42. The third-order valence-corrected chi connectivity index (χ3v) is 8.82. The average Bonchev–Trinajstić information content (AvgIpc) is 3.22. The molecule has 0 saturated heterocycles. The van der Waals surface area contributed by atoms with Crippen LogP contribution >= 0.6 is 39.0 Å². The molecule has 1 aliphatic carbocycles. The third kappa shape index (κ3) is 4.72. The van der Waals surface area contributed by atoms with E-state index in [0.717, 1.165) is 51.7 Å². The molecular formula is C26H24BrN3O2S2. The Morgan fingerprint density at radius 1 is 1.21 bits per heavy atom. The van der Waals surface area contributed by atoms with Gasteiger partial charge >= 0.3 is 0 Å². The smallest absolute Gasteiger partial charge is 0.267 e. The van der Waals surface area contributed by atoms with Gasteiger partial charge in [0.2, 0.25) is 5.91 Å². The second-order valence-corrected chi connectivity index (χ2v) is 11.4. The Labute approximate surface area is 214 Å². The van der Waals surface area contributed by atoms with E-state index in [1.807, 2.05) is 54.6 Å². The molecule has 2 heterocycles. The lowest BCUT2D eigenvalue weighted by molar-refractivity contribution is -0.113. The first-order valence-corrected chi connectivity index (χ1v) is 13.9. The van der Waals surface area contributed by atoms with E-state index in [-0.39, 0.29) is 17.2 Å². The molecule has 0 fully saturated rings. The van der Waals surface area contributed by atoms with Gasteiger partial charge in [-0.2, -0.15) is 0 Å². The molecule has 0 radical (unpaired) electrons. The van der Waals surface area contributed by atoms with E-state index >= 15 is 0 Å². The molecular weight excluding hydrogens is 530 g/mol. The molecule has 174 valence electrons. The number of aromatic nitrogens is 2. The standard InChI is InChI=1S/C26H24BrN3O2S2/c1-2-16-8-13-20-21(14-16)34-24-23(20)25(32)30(19-6-4-3-5-7-19)26(29-24)33-15-22(31)28-18-11-9-17(27)10-12-18/h3-7,9-12,16H,2,8,13-15H2,1H3,(H,28,31)/t16-/m0/s1. The minimum absolute atomic E-state index is 0.0422. The Bertz CT molecular complexity index is 1400. The van der Waals surface area contributed by atoms with E-state index in [2.05, 4.69) is 28.2 Å². The zero-order valence-corrected chi connectivity index (χ0v) is 21.9. The SMILES string of the molecule is CC[C@H]1CCc2c(sc3nc(SCC(=O)Nc4ccc(Br)cc4)n(-c4ccccc4)c(=O)c23)C1. The highest BCUT2D eigenvalue weighted by Gasteiger charge is 2.26. The normalized spacial score (nSPS) is 15.3. The van der Waals surface area contributed by atoms with E-state index < -0.39 is 0 Å². The summed E-state index contributed by atoms with van der Waals surface area (Å²) < 4.78 is 2.62. The molecule has 8 heteroatoms. The molecule has 0 saturated carbocycles. The summed E-state index contributed by atoms with van der Waals surface area (Å²) in [6, 6.07) is 17.0. The van der Waals surface area contributed by atoms with E-state index in [4.69, 9.17) is 4.98 Å². The molecule has 1 aliphatic rings. The first-order valence-electron chi connectivity index (χ1n) is 11.3. The van der Waals surface area contributed by atoms with Crippen LogP contribution in [0.5, 0.6) is 0 Å². The van der Waals surface area contributed by atoms with Crippen molar-refractivity contribution in [1.29, 1.82) is 0 Å². The van der Waals surface area contributed by atoms with Gasteiger partial charge < -0.3 is 5.32 Å². The molecule has 4 aromatic rings. The van der Waals surface area contributed by atoms with Crippen LogP contribution in [0.4, 0.5) is 5.69 Å². The number of aryl methyl sites for hydroxylation is 1. The number of carbonyl (C=O) groups is 1. The van der Waals surface area contributed by atoms with Gasteiger partial charge in [0.15, 0.2) is 5.16 Å². The van der Waals surface area contributed by atoms with Crippen molar-refractivity contribution in [3.8, 4) is 5.69 Å². The van der Waals surface area contributed by atoms with Crippen molar-refractivity contribution < 1.29 is 4.79 Å². The number of hydrogen-bond donors (Lipinski definition) is 1. The van der Waals surface area contributed by atoms with Gasteiger partial charge in [-0.1, -0.05) is 59.2 Å². The molecule has 0 unspecified atom stereocenters. The number of para-hydroxylation sites is 1. The van der Waals surface area contributed by atoms with Crippen LogP contribution in [-0.2, 0) is 17.6 Å². The number of rotatable bonds is 6. The molecule has 5 rings (SSSR count). The van der Waals surface area contributed by atoms with Gasteiger partial charge in [-0.15, -0.1) is 11.3 Å². The van der Waals surface area contributed by atoms with Crippen LogP contribution in [0.15, 0.2) is 69.0 Å². The van der Waals surface area contributed by atoms with Crippen molar-refractivity contribution in [3.63, 3.8) is 0 Å². The largest absolute Gasteiger partial charge is 0.325 e. The van der Waals surface area contributed by atoms with Gasteiger partial charge in [0, 0.05) is 15.0 Å². The number of fused-ring (bicyclic) bond motifs is 3. The summed E-state index contributed by atoms with van der Waals surface area (Å²) in [4.78, 5) is 33.5. The molecule has 0 bridgehead atoms.